The van der Waals surface area contributed by atoms with E-state index in [0.29, 0.717) is 11.1 Å². The first-order valence-corrected chi connectivity index (χ1v) is 7.93. The molecule has 1 N–H and O–H groups in total. The van der Waals surface area contributed by atoms with Crippen LogP contribution in [-0.2, 0) is 6.18 Å². The SMILES string of the molecule is FC(F)(F)c1ccc(NC2=NCC3(CCCC3)CS2)cn1. The number of aliphatic imine (C=N–C) groups is 1. The van der Waals surface area contributed by atoms with Crippen LogP contribution in [0.1, 0.15) is 31.4 Å². The monoisotopic (exact) mass is 315 g/mol. The first-order chi connectivity index (χ1) is 9.97. The van der Waals surface area contributed by atoms with Crippen LogP contribution in [0, 0.1) is 5.41 Å². The molecule has 0 bridgehead atoms. The van der Waals surface area contributed by atoms with Gasteiger partial charge in [-0.1, -0.05) is 24.6 Å². The lowest BCUT2D eigenvalue weighted by Gasteiger charge is -2.31. The van der Waals surface area contributed by atoms with E-state index in [0.717, 1.165) is 23.5 Å². The van der Waals surface area contributed by atoms with E-state index >= 15 is 0 Å². The maximum absolute atomic E-state index is 12.4. The van der Waals surface area contributed by atoms with Crippen molar-refractivity contribution in [2.24, 2.45) is 10.4 Å². The fourth-order valence-electron chi connectivity index (χ4n) is 2.81. The van der Waals surface area contributed by atoms with Gasteiger partial charge in [0.15, 0.2) is 5.17 Å². The molecule has 1 saturated carbocycles. The lowest BCUT2D eigenvalue weighted by Crippen LogP contribution is -2.30. The number of alkyl halides is 3. The Kier molecular flexibility index (Phi) is 3.86. The largest absolute Gasteiger partial charge is 0.433 e. The van der Waals surface area contributed by atoms with Gasteiger partial charge in [0.25, 0.3) is 0 Å². The van der Waals surface area contributed by atoms with Crippen LogP contribution < -0.4 is 5.32 Å². The van der Waals surface area contributed by atoms with Crippen molar-refractivity contribution in [3.05, 3.63) is 24.0 Å². The van der Waals surface area contributed by atoms with Gasteiger partial charge in [-0.3, -0.25) is 4.99 Å². The van der Waals surface area contributed by atoms with E-state index < -0.39 is 11.9 Å². The van der Waals surface area contributed by atoms with Gasteiger partial charge in [0.1, 0.15) is 5.69 Å². The fraction of sp³-hybridized carbons (Fsp3) is 0.571. The smallest absolute Gasteiger partial charge is 0.334 e. The Labute approximate surface area is 125 Å². The summed E-state index contributed by atoms with van der Waals surface area (Å²) in [6, 6.07) is 2.37. The molecule has 0 unspecified atom stereocenters. The Balaban J connectivity index is 1.63. The number of hydrogen-bond acceptors (Lipinski definition) is 4. The van der Waals surface area contributed by atoms with Crippen LogP contribution in [0.25, 0.3) is 0 Å². The van der Waals surface area contributed by atoms with Gasteiger partial charge in [-0.25, -0.2) is 4.98 Å². The molecule has 1 spiro atoms. The molecular formula is C14H16F3N3S. The second-order valence-corrected chi connectivity index (χ2v) is 6.64. The zero-order chi connectivity index (χ0) is 14.9. The van der Waals surface area contributed by atoms with Crippen molar-refractivity contribution in [2.45, 2.75) is 31.9 Å². The second-order valence-electron chi connectivity index (χ2n) is 5.67. The van der Waals surface area contributed by atoms with E-state index in [2.05, 4.69) is 15.3 Å². The van der Waals surface area contributed by atoms with E-state index in [1.807, 2.05) is 0 Å². The molecule has 2 heterocycles. The number of anilines is 1. The zero-order valence-corrected chi connectivity index (χ0v) is 12.2. The molecule has 0 saturated heterocycles. The predicted octanol–water partition coefficient (Wildman–Crippen LogP) is 4.18. The summed E-state index contributed by atoms with van der Waals surface area (Å²) in [4.78, 5) is 7.98. The van der Waals surface area contributed by atoms with Crippen molar-refractivity contribution in [2.75, 3.05) is 17.6 Å². The molecule has 1 aliphatic carbocycles. The molecule has 2 aliphatic rings. The Bertz CT molecular complexity index is 533. The third kappa shape index (κ3) is 3.33. The van der Waals surface area contributed by atoms with Crippen LogP contribution in [0.3, 0.4) is 0 Å². The number of nitrogens with one attached hydrogen (secondary N) is 1. The quantitative estimate of drug-likeness (QED) is 0.845. The number of thioether (sulfide) groups is 1. The number of nitrogens with zero attached hydrogens (tertiary/aromatic N) is 2. The summed E-state index contributed by atoms with van der Waals surface area (Å²) in [5, 5.41) is 3.82. The molecule has 3 nitrogen and oxygen atoms in total. The van der Waals surface area contributed by atoms with Gasteiger partial charge in [0.05, 0.1) is 11.9 Å². The van der Waals surface area contributed by atoms with Crippen LogP contribution in [0.15, 0.2) is 23.3 Å². The van der Waals surface area contributed by atoms with Gasteiger partial charge in [-0.2, -0.15) is 13.2 Å². The summed E-state index contributed by atoms with van der Waals surface area (Å²) in [6.45, 7) is 0.816. The van der Waals surface area contributed by atoms with Crippen molar-refractivity contribution in [3.8, 4) is 0 Å². The maximum atomic E-state index is 12.4. The number of pyridine rings is 1. The number of aromatic nitrogens is 1. The molecule has 21 heavy (non-hydrogen) atoms. The van der Waals surface area contributed by atoms with Crippen LogP contribution in [0.5, 0.6) is 0 Å². The highest BCUT2D eigenvalue weighted by molar-refractivity contribution is 8.14. The average molecular weight is 315 g/mol. The van der Waals surface area contributed by atoms with Crippen molar-refractivity contribution in [1.29, 1.82) is 0 Å². The minimum absolute atomic E-state index is 0.355. The van der Waals surface area contributed by atoms with Crippen molar-refractivity contribution in [3.63, 3.8) is 0 Å². The van der Waals surface area contributed by atoms with Crippen LogP contribution in [-0.4, -0.2) is 22.4 Å². The molecule has 1 aromatic rings. The molecule has 0 atom stereocenters. The van der Waals surface area contributed by atoms with Crippen LogP contribution >= 0.6 is 11.8 Å². The number of halogens is 3. The van der Waals surface area contributed by atoms with Gasteiger partial charge in [0.2, 0.25) is 0 Å². The van der Waals surface area contributed by atoms with E-state index in [-0.39, 0.29) is 0 Å². The number of amidine groups is 1. The highest BCUT2D eigenvalue weighted by Gasteiger charge is 2.36. The molecule has 0 amide bonds. The molecule has 1 aliphatic heterocycles. The predicted molar refractivity (Wildman–Crippen MR) is 78.5 cm³/mol. The summed E-state index contributed by atoms with van der Waals surface area (Å²) in [6.07, 6.45) is 1.83. The Hall–Kier alpha value is -1.24. The highest BCUT2D eigenvalue weighted by Crippen LogP contribution is 2.43. The van der Waals surface area contributed by atoms with Crippen molar-refractivity contribution in [1.82, 2.24) is 4.98 Å². The topological polar surface area (TPSA) is 37.3 Å². The standard InChI is InChI=1S/C14H16F3N3S/c15-14(16,17)11-4-3-10(7-18-11)20-12-19-8-13(9-21-12)5-1-2-6-13/h3-4,7H,1-2,5-6,8-9H2,(H,19,20). The van der Waals surface area contributed by atoms with Gasteiger partial charge >= 0.3 is 6.18 Å². The van der Waals surface area contributed by atoms with Crippen molar-refractivity contribution >= 4 is 22.6 Å². The van der Waals surface area contributed by atoms with E-state index in [9.17, 15) is 13.2 Å². The summed E-state index contributed by atoms with van der Waals surface area (Å²) in [7, 11) is 0. The summed E-state index contributed by atoms with van der Waals surface area (Å²) < 4.78 is 37.3. The molecular weight excluding hydrogens is 299 g/mol. The lowest BCUT2D eigenvalue weighted by atomic mass is 9.89. The second kappa shape index (κ2) is 5.51. The molecule has 3 rings (SSSR count). The number of hydrogen-bond donors (Lipinski definition) is 1. The van der Waals surface area contributed by atoms with Crippen LogP contribution in [0.4, 0.5) is 18.9 Å². The maximum Gasteiger partial charge on any atom is 0.433 e. The van der Waals surface area contributed by atoms with E-state index in [1.54, 1.807) is 11.8 Å². The molecule has 0 radical (unpaired) electrons. The first-order valence-electron chi connectivity index (χ1n) is 6.94. The lowest BCUT2D eigenvalue weighted by molar-refractivity contribution is -0.141. The Morgan fingerprint density at radius 3 is 2.48 bits per heavy atom. The zero-order valence-electron chi connectivity index (χ0n) is 11.4. The van der Waals surface area contributed by atoms with E-state index in [1.165, 1.54) is 37.9 Å². The van der Waals surface area contributed by atoms with Gasteiger partial charge in [0, 0.05) is 12.3 Å². The third-order valence-electron chi connectivity index (χ3n) is 4.04. The Morgan fingerprint density at radius 1 is 1.19 bits per heavy atom. The summed E-state index contributed by atoms with van der Waals surface area (Å²) in [5.41, 5.74) is 0.0154. The van der Waals surface area contributed by atoms with Crippen LogP contribution in [0.2, 0.25) is 0 Å². The highest BCUT2D eigenvalue weighted by atomic mass is 32.2. The van der Waals surface area contributed by atoms with Crippen molar-refractivity contribution < 1.29 is 13.2 Å². The molecule has 1 fully saturated rings. The minimum Gasteiger partial charge on any atom is -0.334 e. The van der Waals surface area contributed by atoms with Gasteiger partial charge in [-0.05, 0) is 30.4 Å². The first kappa shape index (κ1) is 14.7. The van der Waals surface area contributed by atoms with Gasteiger partial charge < -0.3 is 5.32 Å². The van der Waals surface area contributed by atoms with Gasteiger partial charge in [-0.15, -0.1) is 0 Å². The number of rotatable bonds is 1. The average Bonchev–Trinajstić information content (AvgIpc) is 2.90. The fourth-order valence-corrected chi connectivity index (χ4v) is 3.98. The normalized spacial score (nSPS) is 21.4. The summed E-state index contributed by atoms with van der Waals surface area (Å²) in [5.74, 6) is 1.03. The molecule has 1 aromatic heterocycles. The molecule has 114 valence electrons. The minimum atomic E-state index is -4.40. The molecule has 0 aromatic carbocycles. The third-order valence-corrected chi connectivity index (χ3v) is 5.30. The molecule has 7 heteroatoms. The Morgan fingerprint density at radius 2 is 1.95 bits per heavy atom. The van der Waals surface area contributed by atoms with E-state index in [4.69, 9.17) is 0 Å². The summed E-state index contributed by atoms with van der Waals surface area (Å²) >= 11 is 1.65.